The van der Waals surface area contributed by atoms with E-state index in [9.17, 15) is 29.5 Å². The maximum absolute atomic E-state index is 14.3. The number of hydrogen-bond donors (Lipinski definition) is 4. The number of nitrogens with one attached hydrogen (secondary N) is 3. The summed E-state index contributed by atoms with van der Waals surface area (Å²) in [7, 11) is 0. The van der Waals surface area contributed by atoms with Crippen molar-refractivity contribution >= 4 is 52.4 Å². The number of pyridine rings is 1. The minimum Gasteiger partial charge on any atom is -0.489 e. The van der Waals surface area contributed by atoms with Crippen molar-refractivity contribution in [3.8, 4) is 22.3 Å². The van der Waals surface area contributed by atoms with Gasteiger partial charge >= 0.3 is 0 Å². The van der Waals surface area contributed by atoms with Gasteiger partial charge in [0.25, 0.3) is 5.91 Å². The van der Waals surface area contributed by atoms with Crippen LogP contribution in [0.5, 0.6) is 5.75 Å². The van der Waals surface area contributed by atoms with Crippen molar-refractivity contribution in [2.75, 3.05) is 83.4 Å². The highest BCUT2D eigenvalue weighted by Gasteiger charge is 2.64. The zero-order valence-corrected chi connectivity index (χ0v) is 47.1. The van der Waals surface area contributed by atoms with E-state index in [2.05, 4.69) is 74.3 Å². The minimum absolute atomic E-state index is 0.0171. The van der Waals surface area contributed by atoms with Crippen molar-refractivity contribution < 1.29 is 29.0 Å². The first-order chi connectivity index (χ1) is 36.0. The number of carbonyl (C=O) groups is 4. The molecule has 0 spiro atoms. The second-order valence-electron chi connectivity index (χ2n) is 23.4. The molecular weight excluding hydrogens is 1000 g/mol. The van der Waals surface area contributed by atoms with Crippen molar-refractivity contribution in [2.45, 2.75) is 112 Å². The van der Waals surface area contributed by atoms with Crippen LogP contribution in [0.25, 0.3) is 10.4 Å². The molecule has 4 aliphatic rings. The Balaban J connectivity index is 0.728. The molecule has 4 fully saturated rings. The van der Waals surface area contributed by atoms with Gasteiger partial charge < -0.3 is 40.5 Å². The molecule has 3 saturated heterocycles. The first kappa shape index (κ1) is 56.5. The molecule has 4 atom stereocenters. The van der Waals surface area contributed by atoms with Crippen LogP contribution in [0.4, 0.5) is 5.82 Å². The summed E-state index contributed by atoms with van der Waals surface area (Å²) in [6, 6.07) is 16.7. The molecule has 3 aliphatic heterocycles. The lowest BCUT2D eigenvalue weighted by Gasteiger charge is -2.63. The van der Waals surface area contributed by atoms with Crippen LogP contribution in [-0.4, -0.2) is 167 Å². The van der Waals surface area contributed by atoms with Crippen LogP contribution in [0.2, 0.25) is 5.02 Å². The molecule has 76 heavy (non-hydrogen) atoms. The number of aliphatic hydroxyl groups excluding tert-OH is 1. The molecular formula is C57H76ClN11O6S. The van der Waals surface area contributed by atoms with Crippen LogP contribution in [0, 0.1) is 34.5 Å². The Bertz CT molecular complexity index is 2730. The van der Waals surface area contributed by atoms with Crippen molar-refractivity contribution in [3.05, 3.63) is 93.7 Å². The van der Waals surface area contributed by atoms with Gasteiger partial charge in [-0.15, -0.1) is 11.3 Å². The van der Waals surface area contributed by atoms with E-state index in [0.717, 1.165) is 99.4 Å². The molecule has 5 heterocycles. The molecule has 4 aromatic rings. The molecule has 1 saturated carbocycles. The van der Waals surface area contributed by atoms with E-state index in [0.29, 0.717) is 21.9 Å². The molecule has 0 radical (unpaired) electrons. The van der Waals surface area contributed by atoms with Gasteiger partial charge in [0.2, 0.25) is 17.7 Å². The number of carbonyl (C=O) groups excluding carboxylic acids is 4. The average Bonchev–Trinajstić information content (AvgIpc) is 4.04. The fraction of sp³-hybridized carbons (Fsp3) is 0.561. The predicted molar refractivity (Wildman–Crippen MR) is 296 cm³/mol. The second-order valence-corrected chi connectivity index (χ2v) is 24.6. The molecule has 19 heteroatoms. The zero-order valence-electron chi connectivity index (χ0n) is 45.6. The molecule has 2 aromatic carbocycles. The Hall–Kier alpha value is -5.68. The van der Waals surface area contributed by atoms with Crippen molar-refractivity contribution in [3.63, 3.8) is 0 Å². The highest BCUT2D eigenvalue weighted by Crippen LogP contribution is 2.55. The second kappa shape index (κ2) is 23.5. The number of aromatic nitrogens is 2. The first-order valence-corrected chi connectivity index (χ1v) is 27.9. The summed E-state index contributed by atoms with van der Waals surface area (Å²) in [4.78, 5) is 76.1. The standard InChI is InChI=1S/C57H76ClN11O6S/c1-36(38-11-13-39(14-12-38)48-37(2)61-35-76-48)62-51(73)45-29-42(70)33-69(45)52(74)49(55(3,4)5)63-47(71)34-67-23-21-65(22-24-67)19-10-20-66-25-27-68(28-26-66)46-18-16-41(32-60-46)50(72)64-53-56(6,7)54(57(53,8)9)75-43-17-15-40(31-59)44(58)30-43/h11-18,30,32,35-36,42,45,49,53-54,70H,10,19-29,33-34H2,1-9H3,(H,62,73)(H,63,71)(H,64,72)/t36?,42-,45+,49?,53-,54-/m1/s1. The van der Waals surface area contributed by atoms with Crippen LogP contribution in [0.1, 0.15) is 101 Å². The van der Waals surface area contributed by atoms with Gasteiger partial charge in [0, 0.05) is 94.5 Å². The van der Waals surface area contributed by atoms with E-state index in [-0.39, 0.29) is 72.2 Å². The lowest BCUT2D eigenvalue weighted by molar-refractivity contribution is -0.164. The van der Waals surface area contributed by atoms with Crippen LogP contribution in [0.3, 0.4) is 0 Å². The molecule has 2 unspecified atom stereocenters. The summed E-state index contributed by atoms with van der Waals surface area (Å²) >= 11 is 7.85. The average molecular weight is 1080 g/mol. The molecule has 1 aliphatic carbocycles. The zero-order chi connectivity index (χ0) is 54.7. The van der Waals surface area contributed by atoms with Crippen LogP contribution in [-0.2, 0) is 14.4 Å². The quantitative estimate of drug-likeness (QED) is 0.0940. The summed E-state index contributed by atoms with van der Waals surface area (Å²) in [6.45, 7) is 26.8. The normalized spacial score (nSPS) is 22.7. The fourth-order valence-electron chi connectivity index (χ4n) is 11.8. The molecule has 408 valence electrons. The largest absolute Gasteiger partial charge is 0.489 e. The van der Waals surface area contributed by atoms with Gasteiger partial charge in [-0.1, -0.05) is 84.3 Å². The lowest BCUT2D eigenvalue weighted by atomic mass is 9.49. The SMILES string of the molecule is Cc1ncsc1-c1ccc(C(C)NC(=O)[C@@H]2C[C@@H](O)CN2C(=O)C(NC(=O)CN2CCN(CCCN3CCN(c4ccc(C(=O)N[C@H]5C(C)(C)[C@H](Oc6ccc(C#N)c(Cl)c6)C5(C)C)cn4)CC3)CC2)C(C)(C)C)cc1. The third-order valence-corrected chi connectivity index (χ3v) is 17.3. The first-order valence-electron chi connectivity index (χ1n) is 26.7. The molecule has 8 rings (SSSR count). The topological polar surface area (TPSA) is 200 Å². The number of hydrogen-bond acceptors (Lipinski definition) is 14. The number of rotatable bonds is 17. The predicted octanol–water partition coefficient (Wildman–Crippen LogP) is 6.15. The molecule has 0 bridgehead atoms. The summed E-state index contributed by atoms with van der Waals surface area (Å²) in [6.07, 6.45) is 1.76. The highest BCUT2D eigenvalue weighted by atomic mass is 35.5. The summed E-state index contributed by atoms with van der Waals surface area (Å²) in [5.41, 5.74) is 4.27. The van der Waals surface area contributed by atoms with Crippen LogP contribution in [0.15, 0.2) is 66.3 Å². The number of nitriles is 1. The number of likely N-dealkylation sites (tertiary alicyclic amines) is 1. The van der Waals surface area contributed by atoms with Gasteiger partial charge in [-0.05, 0) is 74.2 Å². The third kappa shape index (κ3) is 12.8. The number of aryl methyl sites for hydroxylation is 1. The van der Waals surface area contributed by atoms with Gasteiger partial charge in [0.1, 0.15) is 35.8 Å². The molecule has 4 amide bonds. The maximum atomic E-state index is 14.3. The number of nitrogens with zero attached hydrogens (tertiary/aromatic N) is 8. The number of piperazine rings is 2. The van der Waals surface area contributed by atoms with E-state index in [1.165, 1.54) is 4.90 Å². The monoisotopic (exact) mass is 1080 g/mol. The number of amides is 4. The number of halogens is 1. The Labute approximate surface area is 457 Å². The van der Waals surface area contributed by atoms with Gasteiger partial charge in [0.15, 0.2) is 0 Å². The smallest absolute Gasteiger partial charge is 0.253 e. The fourth-order valence-corrected chi connectivity index (χ4v) is 12.9. The molecule has 2 aromatic heterocycles. The minimum atomic E-state index is -0.890. The van der Waals surface area contributed by atoms with Gasteiger partial charge in [-0.2, -0.15) is 5.26 Å². The van der Waals surface area contributed by atoms with E-state index in [1.54, 1.807) is 35.7 Å². The van der Waals surface area contributed by atoms with Crippen molar-refractivity contribution in [1.29, 1.82) is 5.26 Å². The molecule has 4 N–H and O–H groups in total. The van der Waals surface area contributed by atoms with Gasteiger partial charge in [-0.25, -0.2) is 9.97 Å². The summed E-state index contributed by atoms with van der Waals surface area (Å²) < 4.78 is 6.39. The van der Waals surface area contributed by atoms with E-state index >= 15 is 0 Å². The Kier molecular flexibility index (Phi) is 17.5. The highest BCUT2D eigenvalue weighted by molar-refractivity contribution is 7.13. The van der Waals surface area contributed by atoms with E-state index in [4.69, 9.17) is 21.3 Å². The third-order valence-electron chi connectivity index (χ3n) is 16.0. The van der Waals surface area contributed by atoms with E-state index in [1.807, 2.05) is 76.5 Å². The lowest BCUT2D eigenvalue weighted by Crippen LogP contribution is -2.74. The van der Waals surface area contributed by atoms with Crippen molar-refractivity contribution in [2.24, 2.45) is 16.2 Å². The Morgan fingerprint density at radius 3 is 2.12 bits per heavy atom. The number of anilines is 1. The van der Waals surface area contributed by atoms with Gasteiger partial charge in [0.05, 0.1) is 50.9 Å². The summed E-state index contributed by atoms with van der Waals surface area (Å²) in [5, 5.41) is 29.7. The van der Waals surface area contributed by atoms with Crippen LogP contribution < -0.4 is 25.6 Å². The van der Waals surface area contributed by atoms with Crippen LogP contribution >= 0.6 is 22.9 Å². The summed E-state index contributed by atoms with van der Waals surface area (Å²) in [5.74, 6) is 0.317. The maximum Gasteiger partial charge on any atom is 0.253 e. The number of β-amino-alcohol motifs (C(OH)–C–C–N with tert-alkyl or cyclic N) is 1. The van der Waals surface area contributed by atoms with Crippen molar-refractivity contribution in [1.82, 2.24) is 45.5 Å². The number of ether oxygens (including phenoxy) is 1. The number of aliphatic hydroxyl groups is 1. The van der Waals surface area contributed by atoms with E-state index < -0.39 is 23.6 Å². The van der Waals surface area contributed by atoms with Gasteiger partial charge in [-0.3, -0.25) is 29.0 Å². The number of benzene rings is 2. The Morgan fingerprint density at radius 1 is 0.895 bits per heavy atom. The Morgan fingerprint density at radius 2 is 1.54 bits per heavy atom. The molecule has 17 nitrogen and oxygen atoms in total. The number of thiazole rings is 1.